The molecule has 3 heterocycles. The molecule has 2 amide bonds. The molecule has 6 rings (SSSR count). The van der Waals surface area contributed by atoms with Crippen LogP contribution in [0.4, 0.5) is 17.1 Å². The quantitative estimate of drug-likeness (QED) is 0.133. The van der Waals surface area contributed by atoms with Crippen molar-refractivity contribution >= 4 is 40.1 Å². The summed E-state index contributed by atoms with van der Waals surface area (Å²) in [4.78, 5) is 45.7. The molecule has 0 bridgehead atoms. The summed E-state index contributed by atoms with van der Waals surface area (Å²) in [7, 11) is 0. The molecule has 3 aromatic carbocycles. The minimum absolute atomic E-state index is 0.0898. The number of hydrogen-bond donors (Lipinski definition) is 3. The summed E-state index contributed by atoms with van der Waals surface area (Å²) in [5, 5.41) is 17.8. The summed E-state index contributed by atoms with van der Waals surface area (Å²) in [6.07, 6.45) is 7.82. The molecule has 2 aliphatic rings. The number of aromatic amines is 1. The third-order valence-corrected chi connectivity index (χ3v) is 7.71. The lowest BCUT2D eigenvalue weighted by Crippen LogP contribution is -2.36. The van der Waals surface area contributed by atoms with Gasteiger partial charge in [-0.05, 0) is 55.0 Å². The van der Waals surface area contributed by atoms with Crippen LogP contribution in [0.1, 0.15) is 42.4 Å². The van der Waals surface area contributed by atoms with Gasteiger partial charge in [0.05, 0.1) is 28.2 Å². The van der Waals surface area contributed by atoms with Crippen LogP contribution in [0.3, 0.4) is 0 Å². The van der Waals surface area contributed by atoms with Crippen LogP contribution in [0.5, 0.6) is 0 Å². The van der Waals surface area contributed by atoms with Crippen LogP contribution < -0.4 is 10.6 Å². The Morgan fingerprint density at radius 2 is 1.83 bits per heavy atom. The second kappa shape index (κ2) is 11.7. The lowest BCUT2D eigenvalue weighted by Gasteiger charge is -2.26. The Morgan fingerprint density at radius 1 is 1.02 bits per heavy atom. The molecule has 1 fully saturated rings. The van der Waals surface area contributed by atoms with Crippen molar-refractivity contribution < 1.29 is 14.5 Å². The SMILES string of the molecule is O=C1Nc2ccc([N+](=O)[O-])cc2/C1=C(/Nc1ccc(-c2c[nH]cn2)cc1)c1ccc(CCCN2CCCCC2=O)cc1. The molecule has 1 aromatic heterocycles. The highest BCUT2D eigenvalue weighted by molar-refractivity contribution is 6.37. The van der Waals surface area contributed by atoms with Gasteiger partial charge in [-0.2, -0.15) is 0 Å². The number of aromatic nitrogens is 2. The molecule has 10 nitrogen and oxygen atoms in total. The summed E-state index contributed by atoms with van der Waals surface area (Å²) in [6.45, 7) is 1.59. The minimum Gasteiger partial charge on any atom is -0.354 e. The fourth-order valence-electron chi connectivity index (χ4n) is 5.49. The number of non-ortho nitro benzene ring substituents is 1. The van der Waals surface area contributed by atoms with Gasteiger partial charge in [-0.15, -0.1) is 0 Å². The Balaban J connectivity index is 1.30. The van der Waals surface area contributed by atoms with Gasteiger partial charge in [-0.1, -0.05) is 36.4 Å². The Kier molecular flexibility index (Phi) is 7.50. The highest BCUT2D eigenvalue weighted by atomic mass is 16.6. The van der Waals surface area contributed by atoms with Crippen molar-refractivity contribution in [3.8, 4) is 11.3 Å². The summed E-state index contributed by atoms with van der Waals surface area (Å²) in [5.41, 5.74) is 6.19. The van der Waals surface area contributed by atoms with Gasteiger partial charge in [-0.25, -0.2) is 4.98 Å². The number of nitrogens with zero attached hydrogens (tertiary/aromatic N) is 3. The van der Waals surface area contributed by atoms with Crippen LogP contribution in [0.15, 0.2) is 79.3 Å². The number of aryl methyl sites for hydroxylation is 1. The number of fused-ring (bicyclic) bond motifs is 1. The molecular formula is C32H30N6O4. The number of amides is 2. The van der Waals surface area contributed by atoms with E-state index >= 15 is 0 Å². The molecule has 0 atom stereocenters. The van der Waals surface area contributed by atoms with Crippen LogP contribution in [0, 0.1) is 10.1 Å². The van der Waals surface area contributed by atoms with Crippen molar-refractivity contribution in [2.75, 3.05) is 23.7 Å². The lowest BCUT2D eigenvalue weighted by molar-refractivity contribution is -0.384. The molecule has 4 aromatic rings. The monoisotopic (exact) mass is 562 g/mol. The van der Waals surface area contributed by atoms with E-state index in [1.807, 2.05) is 59.6 Å². The second-order valence-electron chi connectivity index (χ2n) is 10.5. The van der Waals surface area contributed by atoms with E-state index in [4.69, 9.17) is 0 Å². The van der Waals surface area contributed by atoms with Crippen LogP contribution in [-0.4, -0.2) is 44.7 Å². The lowest BCUT2D eigenvalue weighted by atomic mass is 9.98. The molecule has 0 radical (unpaired) electrons. The molecular weight excluding hydrogens is 532 g/mol. The standard InChI is InChI=1S/C32H30N6O4/c39-29-5-1-2-16-37(29)17-3-4-21-6-8-23(9-7-21)31(35-24-12-10-22(11-13-24)28-19-33-20-34-28)30-26-18-25(38(41)42)14-15-27(26)36-32(30)40/h6-15,18-20,35H,1-5,16-17H2,(H,33,34)(H,36,40)/b31-30-. The first-order chi connectivity index (χ1) is 20.5. The number of nitro benzene ring substituents is 1. The van der Waals surface area contributed by atoms with Crippen molar-refractivity contribution in [2.24, 2.45) is 0 Å². The van der Waals surface area contributed by atoms with Crippen molar-refractivity contribution in [1.82, 2.24) is 14.9 Å². The van der Waals surface area contributed by atoms with Crippen molar-refractivity contribution in [1.29, 1.82) is 0 Å². The number of benzene rings is 3. The van der Waals surface area contributed by atoms with Gasteiger partial charge >= 0.3 is 0 Å². The summed E-state index contributed by atoms with van der Waals surface area (Å²) < 4.78 is 0. The van der Waals surface area contributed by atoms with Crippen LogP contribution in [0.2, 0.25) is 0 Å². The number of likely N-dealkylation sites (tertiary alicyclic amines) is 1. The molecule has 10 heteroatoms. The average molecular weight is 563 g/mol. The molecule has 0 spiro atoms. The fourth-order valence-corrected chi connectivity index (χ4v) is 5.49. The van der Waals surface area contributed by atoms with Gasteiger partial charge < -0.3 is 20.5 Å². The van der Waals surface area contributed by atoms with E-state index in [9.17, 15) is 19.7 Å². The number of hydrogen-bond acceptors (Lipinski definition) is 6. The molecule has 42 heavy (non-hydrogen) atoms. The van der Waals surface area contributed by atoms with E-state index in [1.165, 1.54) is 12.1 Å². The Morgan fingerprint density at radius 3 is 2.55 bits per heavy atom. The predicted octanol–water partition coefficient (Wildman–Crippen LogP) is 5.86. The number of carbonyl (C=O) groups excluding carboxylic acids is 2. The van der Waals surface area contributed by atoms with E-state index in [2.05, 4.69) is 20.6 Å². The normalized spacial score (nSPS) is 15.8. The number of rotatable bonds is 9. The zero-order chi connectivity index (χ0) is 29.1. The van der Waals surface area contributed by atoms with Gasteiger partial charge in [0, 0.05) is 60.3 Å². The van der Waals surface area contributed by atoms with Crippen molar-refractivity contribution in [2.45, 2.75) is 32.1 Å². The number of nitrogens with one attached hydrogen (secondary N) is 3. The molecule has 0 unspecified atom stereocenters. The first kappa shape index (κ1) is 26.9. The van der Waals surface area contributed by atoms with Gasteiger partial charge in [-0.3, -0.25) is 19.7 Å². The maximum atomic E-state index is 13.3. The van der Waals surface area contributed by atoms with Gasteiger partial charge in [0.15, 0.2) is 0 Å². The van der Waals surface area contributed by atoms with E-state index < -0.39 is 4.92 Å². The summed E-state index contributed by atoms with van der Waals surface area (Å²) >= 11 is 0. The smallest absolute Gasteiger partial charge is 0.270 e. The molecule has 212 valence electrons. The van der Waals surface area contributed by atoms with Crippen molar-refractivity contribution in [3.63, 3.8) is 0 Å². The third kappa shape index (κ3) is 5.64. The highest BCUT2D eigenvalue weighted by Crippen LogP contribution is 2.39. The molecule has 1 saturated heterocycles. The Labute approximate surface area is 242 Å². The van der Waals surface area contributed by atoms with Gasteiger partial charge in [0.2, 0.25) is 5.91 Å². The van der Waals surface area contributed by atoms with E-state index in [1.54, 1.807) is 12.4 Å². The average Bonchev–Trinajstić information content (AvgIpc) is 3.65. The third-order valence-electron chi connectivity index (χ3n) is 7.71. The Hall–Kier alpha value is -5.25. The number of carbonyl (C=O) groups is 2. The predicted molar refractivity (Wildman–Crippen MR) is 161 cm³/mol. The van der Waals surface area contributed by atoms with Gasteiger partial charge in [0.25, 0.3) is 11.6 Å². The van der Waals surface area contributed by atoms with E-state index in [0.29, 0.717) is 28.9 Å². The second-order valence-corrected chi connectivity index (χ2v) is 10.5. The first-order valence-corrected chi connectivity index (χ1v) is 14.0. The number of imidazole rings is 1. The van der Waals surface area contributed by atoms with Crippen LogP contribution in [-0.2, 0) is 16.0 Å². The maximum Gasteiger partial charge on any atom is 0.270 e. The fraction of sp³-hybridized carbons (Fsp3) is 0.219. The van der Waals surface area contributed by atoms with Crippen LogP contribution >= 0.6 is 0 Å². The minimum atomic E-state index is -0.464. The number of anilines is 2. The van der Waals surface area contributed by atoms with Crippen molar-refractivity contribution in [3.05, 3.63) is 106 Å². The number of nitro groups is 1. The highest BCUT2D eigenvalue weighted by Gasteiger charge is 2.30. The van der Waals surface area contributed by atoms with Gasteiger partial charge in [0.1, 0.15) is 0 Å². The molecule has 2 aliphatic heterocycles. The molecule has 0 aliphatic carbocycles. The van der Waals surface area contributed by atoms with Crippen LogP contribution in [0.25, 0.3) is 22.5 Å². The maximum absolute atomic E-state index is 13.3. The first-order valence-electron chi connectivity index (χ1n) is 14.0. The zero-order valence-electron chi connectivity index (χ0n) is 22.9. The molecule has 3 N–H and O–H groups in total. The summed E-state index contributed by atoms with van der Waals surface area (Å²) in [6, 6.07) is 20.0. The van der Waals surface area contributed by atoms with E-state index in [-0.39, 0.29) is 17.5 Å². The zero-order valence-corrected chi connectivity index (χ0v) is 22.9. The summed E-state index contributed by atoms with van der Waals surface area (Å²) in [5.74, 6) is -0.0943. The number of H-pyrrole nitrogens is 1. The largest absolute Gasteiger partial charge is 0.354 e. The molecule has 0 saturated carbocycles. The Bertz CT molecular complexity index is 1660. The van der Waals surface area contributed by atoms with E-state index in [0.717, 1.165) is 66.8 Å². The topological polar surface area (TPSA) is 133 Å². The number of piperidine rings is 1.